The van der Waals surface area contributed by atoms with Crippen molar-refractivity contribution < 1.29 is 18.7 Å². The summed E-state index contributed by atoms with van der Waals surface area (Å²) in [5, 5.41) is 4.21. The molecule has 1 aliphatic carbocycles. The first-order chi connectivity index (χ1) is 18.4. The van der Waals surface area contributed by atoms with Crippen molar-refractivity contribution in [2.75, 3.05) is 31.6 Å². The van der Waals surface area contributed by atoms with E-state index in [9.17, 15) is 14.0 Å². The van der Waals surface area contributed by atoms with Gasteiger partial charge in [0.2, 0.25) is 5.91 Å². The van der Waals surface area contributed by atoms with Crippen LogP contribution in [0.4, 0.5) is 15.9 Å². The third-order valence-corrected chi connectivity index (χ3v) is 8.12. The second-order valence-corrected chi connectivity index (χ2v) is 10.8. The predicted molar refractivity (Wildman–Crippen MR) is 146 cm³/mol. The zero-order valence-corrected chi connectivity index (χ0v) is 22.7. The molecule has 0 radical (unpaired) electrons. The monoisotopic (exact) mass is 557 g/mol. The Labute approximate surface area is 229 Å². The molecule has 2 aliphatic rings. The minimum atomic E-state index is -0.478. The molecule has 0 saturated heterocycles. The van der Waals surface area contributed by atoms with Crippen molar-refractivity contribution in [2.24, 2.45) is 0 Å². The Morgan fingerprint density at radius 2 is 2.18 bits per heavy atom. The fourth-order valence-corrected chi connectivity index (χ4v) is 6.03. The van der Waals surface area contributed by atoms with Gasteiger partial charge < -0.3 is 15.0 Å². The molecule has 0 spiro atoms. The van der Waals surface area contributed by atoms with Crippen LogP contribution in [0.5, 0.6) is 0 Å². The number of anilines is 2. The Bertz CT molecular complexity index is 1380. The largest absolute Gasteiger partial charge is 0.466 e. The molecule has 5 rings (SSSR count). The SMILES string of the molecule is CCOC(=O)CCN(CC=CC(=O)N1CCc2c(sc3ncnc(Nc4ccc(F)c(Cl)c4)c23)C1)C1CC1. The molecular formula is C27H29ClFN5O3S. The molecule has 1 aromatic carbocycles. The third-order valence-electron chi connectivity index (χ3n) is 6.70. The molecule has 11 heteroatoms. The molecule has 1 aliphatic heterocycles. The van der Waals surface area contributed by atoms with Crippen molar-refractivity contribution in [1.82, 2.24) is 19.8 Å². The first-order valence-electron chi connectivity index (χ1n) is 12.8. The van der Waals surface area contributed by atoms with Crippen LogP contribution in [0, 0.1) is 5.82 Å². The maximum atomic E-state index is 13.6. The minimum absolute atomic E-state index is 0.0281. The van der Waals surface area contributed by atoms with E-state index in [0.717, 1.165) is 33.5 Å². The molecule has 8 nitrogen and oxygen atoms in total. The van der Waals surface area contributed by atoms with Gasteiger partial charge in [0.05, 0.1) is 30.0 Å². The quantitative estimate of drug-likeness (QED) is 0.274. The number of carbonyl (C=O) groups excluding carboxylic acids is 2. The lowest BCUT2D eigenvalue weighted by Crippen LogP contribution is -2.34. The number of esters is 1. The number of fused-ring (bicyclic) bond motifs is 3. The number of ether oxygens (including phenoxy) is 1. The highest BCUT2D eigenvalue weighted by Crippen LogP contribution is 2.38. The van der Waals surface area contributed by atoms with Crippen LogP contribution in [0.25, 0.3) is 10.2 Å². The van der Waals surface area contributed by atoms with E-state index in [0.29, 0.717) is 63.2 Å². The molecular weight excluding hydrogens is 529 g/mol. The number of nitrogens with zero attached hydrogens (tertiary/aromatic N) is 4. The summed E-state index contributed by atoms with van der Waals surface area (Å²) in [5.41, 5.74) is 1.77. The summed E-state index contributed by atoms with van der Waals surface area (Å²) in [4.78, 5) is 39.6. The van der Waals surface area contributed by atoms with Gasteiger partial charge in [-0.2, -0.15) is 0 Å². The van der Waals surface area contributed by atoms with E-state index < -0.39 is 5.82 Å². The van der Waals surface area contributed by atoms with Gasteiger partial charge in [0.15, 0.2) is 0 Å². The van der Waals surface area contributed by atoms with Crippen LogP contribution < -0.4 is 5.32 Å². The Kier molecular flexibility index (Phi) is 8.21. The zero-order valence-electron chi connectivity index (χ0n) is 21.1. The summed E-state index contributed by atoms with van der Waals surface area (Å²) >= 11 is 7.50. The van der Waals surface area contributed by atoms with E-state index >= 15 is 0 Å². The van der Waals surface area contributed by atoms with E-state index in [1.54, 1.807) is 30.4 Å². The number of rotatable bonds is 10. The normalized spacial score (nSPS) is 15.3. The molecule has 0 atom stereocenters. The van der Waals surface area contributed by atoms with Gasteiger partial charge in [-0.15, -0.1) is 11.3 Å². The molecule has 1 fully saturated rings. The van der Waals surface area contributed by atoms with E-state index in [1.165, 1.54) is 18.5 Å². The summed E-state index contributed by atoms with van der Waals surface area (Å²) in [5.74, 6) is -0.0543. The number of hydrogen-bond acceptors (Lipinski definition) is 8. The smallest absolute Gasteiger partial charge is 0.307 e. The Hall–Kier alpha value is -3.08. The van der Waals surface area contributed by atoms with Crippen molar-refractivity contribution in [3.8, 4) is 0 Å². The number of halogens is 2. The topological polar surface area (TPSA) is 87.7 Å². The van der Waals surface area contributed by atoms with E-state index in [1.807, 2.05) is 11.0 Å². The second-order valence-electron chi connectivity index (χ2n) is 9.35. The Morgan fingerprint density at radius 3 is 2.95 bits per heavy atom. The maximum absolute atomic E-state index is 13.6. The summed E-state index contributed by atoms with van der Waals surface area (Å²) in [6.45, 7) is 4.57. The molecule has 1 saturated carbocycles. The lowest BCUT2D eigenvalue weighted by molar-refractivity contribution is -0.143. The molecule has 3 aromatic rings. The molecule has 0 bridgehead atoms. The van der Waals surface area contributed by atoms with Gasteiger partial charge in [0.1, 0.15) is 22.8 Å². The summed E-state index contributed by atoms with van der Waals surface area (Å²) < 4.78 is 18.6. The molecule has 1 amide bonds. The molecule has 38 heavy (non-hydrogen) atoms. The van der Waals surface area contributed by atoms with Gasteiger partial charge in [0.25, 0.3) is 0 Å². The molecule has 3 heterocycles. The first-order valence-corrected chi connectivity index (χ1v) is 13.9. The molecule has 1 N–H and O–H groups in total. The predicted octanol–water partition coefficient (Wildman–Crippen LogP) is 5.09. The standard InChI is InChI=1S/C27H29ClFN5O3S/c1-2-37-24(36)10-13-33(18-6-7-18)11-3-4-23(35)34-12-9-19-22(15-34)38-27-25(19)26(30-16-31-27)32-17-5-8-21(29)20(28)14-17/h3-5,8,14,16,18H,2,6-7,9-13,15H2,1H3,(H,30,31,32). The van der Waals surface area contributed by atoms with E-state index in [2.05, 4.69) is 20.2 Å². The molecule has 2 aromatic heterocycles. The molecule has 0 unspecified atom stereocenters. The van der Waals surface area contributed by atoms with Crippen molar-refractivity contribution in [3.05, 3.63) is 58.0 Å². The maximum Gasteiger partial charge on any atom is 0.307 e. The van der Waals surface area contributed by atoms with Crippen molar-refractivity contribution >= 4 is 56.5 Å². The van der Waals surface area contributed by atoms with Crippen LogP contribution in [0.1, 0.15) is 36.6 Å². The second kappa shape index (κ2) is 11.8. The number of thiophene rings is 1. The fraction of sp³-hybridized carbons (Fsp3) is 0.407. The van der Waals surface area contributed by atoms with Crippen LogP contribution in [0.2, 0.25) is 5.02 Å². The van der Waals surface area contributed by atoms with E-state index in [4.69, 9.17) is 16.3 Å². The van der Waals surface area contributed by atoms with Gasteiger partial charge in [-0.3, -0.25) is 14.5 Å². The highest BCUT2D eigenvalue weighted by Gasteiger charge is 2.29. The van der Waals surface area contributed by atoms with Gasteiger partial charge in [0, 0.05) is 42.3 Å². The van der Waals surface area contributed by atoms with Gasteiger partial charge >= 0.3 is 5.97 Å². The van der Waals surface area contributed by atoms with Crippen LogP contribution in [0.15, 0.2) is 36.7 Å². The van der Waals surface area contributed by atoms with Crippen LogP contribution in [-0.4, -0.2) is 63.9 Å². The zero-order chi connectivity index (χ0) is 26.6. The third kappa shape index (κ3) is 6.14. The van der Waals surface area contributed by atoms with Crippen LogP contribution in [0.3, 0.4) is 0 Å². The van der Waals surface area contributed by atoms with Crippen molar-refractivity contribution in [3.63, 3.8) is 0 Å². The van der Waals surface area contributed by atoms with Crippen LogP contribution >= 0.6 is 22.9 Å². The lowest BCUT2D eigenvalue weighted by Gasteiger charge is -2.26. The van der Waals surface area contributed by atoms with Gasteiger partial charge in [-0.05, 0) is 49.9 Å². The number of carbonyl (C=O) groups is 2. The highest BCUT2D eigenvalue weighted by atomic mass is 35.5. The number of aromatic nitrogens is 2. The number of amides is 1. The van der Waals surface area contributed by atoms with E-state index in [-0.39, 0.29) is 16.9 Å². The van der Waals surface area contributed by atoms with Crippen molar-refractivity contribution in [1.29, 1.82) is 0 Å². The van der Waals surface area contributed by atoms with Crippen LogP contribution in [-0.2, 0) is 27.3 Å². The summed E-state index contributed by atoms with van der Waals surface area (Å²) in [7, 11) is 0. The average molecular weight is 558 g/mol. The first kappa shape index (κ1) is 26.5. The number of hydrogen-bond donors (Lipinski definition) is 1. The number of nitrogens with one attached hydrogen (secondary N) is 1. The highest BCUT2D eigenvalue weighted by molar-refractivity contribution is 7.19. The summed E-state index contributed by atoms with van der Waals surface area (Å²) in [6, 6.07) is 4.93. The average Bonchev–Trinajstić information content (AvgIpc) is 3.67. The fourth-order valence-electron chi connectivity index (χ4n) is 4.65. The van der Waals surface area contributed by atoms with Gasteiger partial charge in [-0.25, -0.2) is 14.4 Å². The minimum Gasteiger partial charge on any atom is -0.466 e. The molecule has 200 valence electrons. The van der Waals surface area contributed by atoms with Gasteiger partial charge in [-0.1, -0.05) is 17.7 Å². The lowest BCUT2D eigenvalue weighted by atomic mass is 10.0. The van der Waals surface area contributed by atoms with Crippen molar-refractivity contribution in [2.45, 2.75) is 45.2 Å². The summed E-state index contributed by atoms with van der Waals surface area (Å²) in [6.07, 6.45) is 8.34. The Morgan fingerprint density at radius 1 is 1.34 bits per heavy atom. The Balaban J connectivity index is 1.23. The number of benzene rings is 1.